The second kappa shape index (κ2) is 10.1. The Balaban J connectivity index is 1.45. The average Bonchev–Trinajstić information content (AvgIpc) is 3.67. The number of hydrogen-bond acceptors (Lipinski definition) is 7. The number of ether oxygens (including phenoxy) is 1. The van der Waals surface area contributed by atoms with E-state index in [1.54, 1.807) is 30.3 Å². The first kappa shape index (κ1) is 24.1. The zero-order valence-corrected chi connectivity index (χ0v) is 18.6. The molecule has 1 saturated carbocycles. The van der Waals surface area contributed by atoms with E-state index >= 15 is 0 Å². The summed E-state index contributed by atoms with van der Waals surface area (Å²) < 4.78 is 20.3. The zero-order chi connectivity index (χ0) is 25.1. The van der Waals surface area contributed by atoms with Gasteiger partial charge in [0.1, 0.15) is 30.3 Å². The highest BCUT2D eigenvalue weighted by Crippen LogP contribution is 2.39. The normalized spacial score (nSPS) is 23.2. The molecule has 0 unspecified atom stereocenters. The van der Waals surface area contributed by atoms with Crippen LogP contribution in [0.2, 0.25) is 0 Å². The number of aliphatic hydroxyl groups excluding tert-OH is 1. The molecule has 2 aliphatic rings. The topological polar surface area (TPSA) is 153 Å². The third-order valence-corrected chi connectivity index (χ3v) is 6.14. The molecule has 2 aromatic rings. The van der Waals surface area contributed by atoms with Gasteiger partial charge in [-0.2, -0.15) is 5.26 Å². The van der Waals surface area contributed by atoms with Crippen LogP contribution in [0, 0.1) is 23.2 Å². The number of rotatable bonds is 7. The number of carbonyl (C=O) groups excluding carboxylic acids is 2. The van der Waals surface area contributed by atoms with Gasteiger partial charge >= 0.3 is 5.97 Å². The van der Waals surface area contributed by atoms with Gasteiger partial charge in [-0.05, 0) is 41.8 Å². The van der Waals surface area contributed by atoms with Crippen molar-refractivity contribution in [2.45, 2.75) is 25.1 Å². The summed E-state index contributed by atoms with van der Waals surface area (Å²) in [5, 5.41) is 30.2. The number of aromatic nitrogens is 1. The summed E-state index contributed by atoms with van der Waals surface area (Å²) in [6.07, 6.45) is -0.307. The summed E-state index contributed by atoms with van der Waals surface area (Å²) in [5.74, 6) is -2.73. The first-order chi connectivity index (χ1) is 16.8. The number of aliphatic carboxylic acids is 1. The molecule has 182 valence electrons. The third-order valence-electron chi connectivity index (χ3n) is 6.14. The van der Waals surface area contributed by atoms with Crippen molar-refractivity contribution in [1.82, 2.24) is 9.88 Å². The van der Waals surface area contributed by atoms with Crippen LogP contribution in [0.4, 0.5) is 10.2 Å². The number of carboxylic acids is 1. The van der Waals surface area contributed by atoms with Gasteiger partial charge in [0.25, 0.3) is 0 Å². The number of alkyl halides is 1. The predicted molar refractivity (Wildman–Crippen MR) is 120 cm³/mol. The number of amides is 2. The molecule has 0 bridgehead atoms. The largest absolute Gasteiger partial charge is 0.486 e. The Morgan fingerprint density at radius 3 is 2.66 bits per heavy atom. The molecule has 1 aliphatic carbocycles. The molecule has 4 rings (SSSR count). The number of pyridine rings is 1. The molecular weight excluding hydrogens is 459 g/mol. The van der Waals surface area contributed by atoms with E-state index < -0.39 is 48.5 Å². The lowest BCUT2D eigenvalue weighted by Crippen LogP contribution is -2.50. The van der Waals surface area contributed by atoms with Crippen molar-refractivity contribution in [2.75, 3.05) is 25.0 Å². The van der Waals surface area contributed by atoms with Gasteiger partial charge in [-0.15, -0.1) is 0 Å². The van der Waals surface area contributed by atoms with Crippen molar-refractivity contribution >= 4 is 23.6 Å². The van der Waals surface area contributed by atoms with Crippen LogP contribution < -0.4 is 10.1 Å². The van der Waals surface area contributed by atoms with Gasteiger partial charge in [0, 0.05) is 19.2 Å². The van der Waals surface area contributed by atoms with E-state index in [0.29, 0.717) is 17.5 Å². The fraction of sp³-hybridized carbons (Fsp3) is 0.375. The number of hydrogen-bond donors (Lipinski definition) is 3. The lowest BCUT2D eigenvalue weighted by molar-refractivity contribution is -0.140. The van der Waals surface area contributed by atoms with Gasteiger partial charge in [-0.25, -0.2) is 9.37 Å². The highest BCUT2D eigenvalue weighted by Gasteiger charge is 2.48. The minimum atomic E-state index is -1.47. The molecule has 2 fully saturated rings. The zero-order valence-electron chi connectivity index (χ0n) is 18.6. The highest BCUT2D eigenvalue weighted by atomic mass is 19.1. The molecule has 4 atom stereocenters. The molecule has 11 heteroatoms. The van der Waals surface area contributed by atoms with E-state index in [4.69, 9.17) is 14.9 Å². The monoisotopic (exact) mass is 482 g/mol. The van der Waals surface area contributed by atoms with Crippen LogP contribution >= 0.6 is 0 Å². The Bertz CT molecular complexity index is 1200. The van der Waals surface area contributed by atoms with Crippen molar-refractivity contribution in [3.63, 3.8) is 0 Å². The van der Waals surface area contributed by atoms with Crippen molar-refractivity contribution in [3.05, 3.63) is 42.1 Å². The Labute approximate surface area is 199 Å². The number of likely N-dealkylation sites (tertiary alicyclic amines) is 1. The maximum atomic E-state index is 14.6. The summed E-state index contributed by atoms with van der Waals surface area (Å²) in [5.41, 5.74) is 1.48. The van der Waals surface area contributed by atoms with Crippen LogP contribution in [-0.2, 0) is 14.4 Å². The summed E-state index contributed by atoms with van der Waals surface area (Å²) in [4.78, 5) is 40.1. The Hall–Kier alpha value is -4.04. The van der Waals surface area contributed by atoms with Crippen LogP contribution in [0.25, 0.3) is 11.1 Å². The molecule has 0 spiro atoms. The quantitative estimate of drug-likeness (QED) is 0.538. The molecule has 1 aromatic carbocycles. The number of benzene rings is 1. The van der Waals surface area contributed by atoms with Crippen molar-refractivity contribution < 1.29 is 33.7 Å². The second-order valence-corrected chi connectivity index (χ2v) is 8.49. The highest BCUT2D eigenvalue weighted by molar-refractivity contribution is 5.98. The first-order valence-corrected chi connectivity index (χ1v) is 11.0. The van der Waals surface area contributed by atoms with Gasteiger partial charge in [-0.3, -0.25) is 14.4 Å². The third kappa shape index (κ3) is 5.38. The maximum Gasteiger partial charge on any atom is 0.307 e. The first-order valence-electron chi connectivity index (χ1n) is 11.0. The fourth-order valence-corrected chi connectivity index (χ4v) is 4.06. The van der Waals surface area contributed by atoms with Crippen molar-refractivity contribution in [3.8, 4) is 22.9 Å². The van der Waals surface area contributed by atoms with Crippen molar-refractivity contribution in [2.24, 2.45) is 11.8 Å². The van der Waals surface area contributed by atoms with E-state index in [-0.39, 0.29) is 36.6 Å². The van der Waals surface area contributed by atoms with Crippen LogP contribution in [0.5, 0.6) is 5.75 Å². The molecule has 10 nitrogen and oxygen atoms in total. The number of nitrogens with zero attached hydrogens (tertiary/aromatic N) is 3. The maximum absolute atomic E-state index is 14.6. The molecule has 1 aliphatic heterocycles. The summed E-state index contributed by atoms with van der Waals surface area (Å²) in [7, 11) is 0. The van der Waals surface area contributed by atoms with Gasteiger partial charge in [0.15, 0.2) is 6.17 Å². The van der Waals surface area contributed by atoms with E-state index in [1.165, 1.54) is 11.1 Å². The lowest BCUT2D eigenvalue weighted by Gasteiger charge is -2.34. The fourth-order valence-electron chi connectivity index (χ4n) is 4.06. The molecule has 2 heterocycles. The predicted octanol–water partition coefficient (Wildman–Crippen LogP) is 1.59. The van der Waals surface area contributed by atoms with E-state index in [9.17, 15) is 24.0 Å². The number of aliphatic hydroxyl groups is 1. The van der Waals surface area contributed by atoms with E-state index in [0.717, 1.165) is 0 Å². The number of piperidine rings is 1. The average molecular weight is 482 g/mol. The van der Waals surface area contributed by atoms with Gasteiger partial charge in [-0.1, -0.05) is 6.07 Å². The standard InChI is InChI=1S/C24H23FN4O6/c25-18-11-29(22(31)12-30)6-4-20(18)35-19-2-1-13(7-15(19)10-26)14-3-5-27-21(8-14)28-23(32)16-9-17(16)24(33)34/h1-3,5,7-8,16-18,20,30H,4,6,9,11-12H2,(H,33,34)(H,27,28,32)/t16-,17+,18-,20+/m1/s1. The molecule has 3 N–H and O–H groups in total. The molecular formula is C24H23FN4O6. The smallest absolute Gasteiger partial charge is 0.307 e. The summed E-state index contributed by atoms with van der Waals surface area (Å²) in [6, 6.07) is 10.2. The van der Waals surface area contributed by atoms with Gasteiger partial charge in [0.2, 0.25) is 11.8 Å². The SMILES string of the molecule is N#Cc1cc(-c2ccnc(NC(=O)[C@@H]3C[C@@H]3C(=O)O)c2)ccc1O[C@H]1CCN(C(=O)CO)C[C@H]1F. The van der Waals surface area contributed by atoms with Crippen LogP contribution in [-0.4, -0.2) is 69.9 Å². The molecule has 1 saturated heterocycles. The number of anilines is 1. The lowest BCUT2D eigenvalue weighted by atomic mass is 10.0. The molecule has 35 heavy (non-hydrogen) atoms. The molecule has 1 aromatic heterocycles. The number of carboxylic acid groups (broad SMARTS) is 1. The van der Waals surface area contributed by atoms with Gasteiger partial charge < -0.3 is 25.2 Å². The van der Waals surface area contributed by atoms with E-state index in [2.05, 4.69) is 10.3 Å². The minimum Gasteiger partial charge on any atom is -0.486 e. The Morgan fingerprint density at radius 2 is 2.00 bits per heavy atom. The van der Waals surface area contributed by atoms with Crippen LogP contribution in [0.1, 0.15) is 18.4 Å². The number of carbonyl (C=O) groups is 3. The number of halogens is 1. The minimum absolute atomic E-state index is 0.188. The molecule has 2 amide bonds. The Kier molecular flexibility index (Phi) is 6.93. The van der Waals surface area contributed by atoms with E-state index in [1.807, 2.05) is 6.07 Å². The molecule has 0 radical (unpaired) electrons. The van der Waals surface area contributed by atoms with Crippen LogP contribution in [0.3, 0.4) is 0 Å². The second-order valence-electron chi connectivity index (χ2n) is 8.49. The number of nitriles is 1. The Morgan fingerprint density at radius 1 is 1.23 bits per heavy atom. The summed E-state index contributed by atoms with van der Waals surface area (Å²) in [6.45, 7) is -0.629. The number of nitrogens with one attached hydrogen (secondary N) is 1. The summed E-state index contributed by atoms with van der Waals surface area (Å²) >= 11 is 0. The van der Waals surface area contributed by atoms with Crippen molar-refractivity contribution in [1.29, 1.82) is 5.26 Å². The van der Waals surface area contributed by atoms with Gasteiger partial charge in [0.05, 0.1) is 23.9 Å². The van der Waals surface area contributed by atoms with Crippen LogP contribution in [0.15, 0.2) is 36.5 Å².